The minimum atomic E-state index is -5.74. The van der Waals surface area contributed by atoms with Crippen molar-refractivity contribution in [2.75, 3.05) is 56.8 Å². The number of aliphatic imine (C=N–C) groups is 2. The predicted octanol–water partition coefficient (Wildman–Crippen LogP) is -4.82. The molecule has 15 rings (SSSR count). The minimum Gasteiger partial charge on any atom is -0.394 e. The van der Waals surface area contributed by atoms with E-state index in [4.69, 9.17) is 101 Å². The Bertz CT molecular complexity index is 6220. The molecule has 0 aliphatic carbocycles. The first-order valence-electron chi connectivity index (χ1n) is 37.2. The van der Waals surface area contributed by atoms with Gasteiger partial charge in [0.2, 0.25) is 5.95 Å². The predicted molar refractivity (Wildman–Crippen MR) is 410 cm³/mol. The molecule has 6 unspecified atom stereocenters. The number of nitrogens with one attached hydrogen (secondary N) is 4. The van der Waals surface area contributed by atoms with Gasteiger partial charge in [0.1, 0.15) is 128 Å². The molecule has 6 fully saturated rings. The van der Waals surface area contributed by atoms with Gasteiger partial charge in [-0.05, 0) is 19.9 Å². The molecule has 0 radical (unpaired) electrons. The summed E-state index contributed by atoms with van der Waals surface area (Å²) in [5, 5.41) is 23.7. The number of carbonyl (C=O) groups is 2. The zero-order chi connectivity index (χ0) is 91.3. The van der Waals surface area contributed by atoms with Crippen molar-refractivity contribution >= 4 is 110 Å². The standard InChI is InChI=1S/C59H76N22O40P6/c1-22-11-77(56(88)73-49(22)83)38-7-27(33(112-38)16-106-123(95,96)117-24-5-40(110-30(24)13-82)79-20-66-43-46(61)64-19-65-47(43)79)120-126(101,102)107-15-32-26(6-37(111-32)76-4-3-36(60)68-55(76)87)118-125(99,100)109-18-35-29(9-41(114-35)80-21-67-44-48(80)70-53(62)71-51(44)85)121-127(103,104)108-17-34-28(8-39(113-34)78-12-23(2)50(84)74-57(78)89)119-124(97,98)105-14-31-25(116-122(92,93)94)10-42(115-31)81-58(90)69-45-52(86)72-54(63)75-59(45,81)91/h3-4,11-12,19-21,24-35,37-42,82,91H,5-10,13-18H2,1-2H3,(H,95,96)(H,97,98)(H,99,100)(H,101,102)(H,103,104)(H2,60,68,87)(H2,61,64,65)(H,73,83,88)(H,74,84,89)(H2,92,93,94)(H3,62,70,71,85)(H3,63,72,75,86)/t24-,25-,26-,27-,28-,29-,30+,31+,32+,33+,34+,35+,37+,38+,39+,40+,41+,42+,59?/m0/s1. The second-order valence-electron chi connectivity index (χ2n) is 29.1. The monoisotopic (exact) mass is 1920 g/mol. The highest BCUT2D eigenvalue weighted by atomic mass is 31.2. The van der Waals surface area contributed by atoms with Crippen molar-refractivity contribution in [2.24, 2.45) is 15.7 Å². The topological polar surface area (TPSA) is 871 Å². The van der Waals surface area contributed by atoms with E-state index in [1.54, 1.807) is 0 Å². The number of hydrogen-bond acceptors (Lipinski definition) is 44. The van der Waals surface area contributed by atoms with Crippen molar-refractivity contribution in [2.45, 2.75) is 169 Å². The van der Waals surface area contributed by atoms with Crippen LogP contribution in [-0.4, -0.2) is 266 Å². The quantitative estimate of drug-likeness (QED) is 0.0168. The zero-order valence-corrected chi connectivity index (χ0v) is 70.2. The highest BCUT2D eigenvalue weighted by Gasteiger charge is 2.60. The molecule has 3 amide bonds. The number of nitrogen functional groups attached to an aromatic ring is 3. The van der Waals surface area contributed by atoms with E-state index in [2.05, 4.69) is 49.9 Å². The highest BCUT2D eigenvalue weighted by Crippen LogP contribution is 2.57. The number of anilines is 3. The number of guanidine groups is 1. The second kappa shape index (κ2) is 35.7. The number of ether oxygens (including phenoxy) is 6. The molecule has 127 heavy (non-hydrogen) atoms. The van der Waals surface area contributed by atoms with Gasteiger partial charge in [0, 0.05) is 68.2 Å². The van der Waals surface area contributed by atoms with Crippen LogP contribution in [0.25, 0.3) is 22.3 Å². The Labute approximate surface area is 704 Å². The third-order valence-corrected chi connectivity index (χ3v) is 26.1. The van der Waals surface area contributed by atoms with E-state index in [0.717, 1.165) is 55.6 Å². The number of H-pyrrole nitrogens is 3. The summed E-state index contributed by atoms with van der Waals surface area (Å²) >= 11 is 0. The molecule has 8 aliphatic rings. The molecule has 692 valence electrons. The number of aliphatic hydroxyl groups is 2. The maximum atomic E-state index is 14.5. The molecule has 8 aliphatic heterocycles. The normalized spacial score (nSPS) is 31.0. The fourth-order valence-corrected chi connectivity index (χ4v) is 20.1. The molecular weight excluding hydrogens is 1840 g/mol. The van der Waals surface area contributed by atoms with E-state index in [1.165, 1.54) is 24.7 Å². The van der Waals surface area contributed by atoms with Gasteiger partial charge in [0.05, 0.1) is 52.3 Å². The third-order valence-electron chi connectivity index (χ3n) is 20.5. The third kappa shape index (κ3) is 20.4. The number of amides is 3. The molecule has 7 aromatic rings. The fraction of sp³-hybridized carbons (Fsp3) is 0.559. The average molecular weight is 1920 g/mol. The summed E-state index contributed by atoms with van der Waals surface area (Å²) in [7, 11) is -33.6. The summed E-state index contributed by atoms with van der Waals surface area (Å²) < 4.78 is 184. The zero-order valence-electron chi connectivity index (χ0n) is 64.9. The molecular formula is C59H76N22O40P6. The van der Waals surface area contributed by atoms with Crippen LogP contribution >= 0.6 is 46.9 Å². The summed E-state index contributed by atoms with van der Waals surface area (Å²) in [5.41, 5.74) is 16.2. The number of phosphoric ester groups is 6. The van der Waals surface area contributed by atoms with Crippen LogP contribution < -0.4 is 62.0 Å². The van der Waals surface area contributed by atoms with Crippen molar-refractivity contribution in [1.29, 1.82) is 0 Å². The number of urea groups is 1. The number of imidazole rings is 2. The van der Waals surface area contributed by atoms with Crippen LogP contribution in [0.5, 0.6) is 0 Å². The fourth-order valence-electron chi connectivity index (χ4n) is 14.8. The number of aromatic nitrogens is 14. The molecule has 62 nitrogen and oxygen atoms in total. The van der Waals surface area contributed by atoms with Gasteiger partial charge in [-0.3, -0.25) is 112 Å². The Kier molecular flexibility index (Phi) is 26.0. The summed E-state index contributed by atoms with van der Waals surface area (Å²) in [6.45, 7) is -4.04. The van der Waals surface area contributed by atoms with Crippen molar-refractivity contribution in [3.8, 4) is 0 Å². The molecule has 7 aromatic heterocycles. The van der Waals surface area contributed by atoms with Crippen molar-refractivity contribution < 1.29 is 160 Å². The molecule has 0 saturated carbocycles. The van der Waals surface area contributed by atoms with E-state index >= 15 is 0 Å². The van der Waals surface area contributed by atoms with E-state index in [1.807, 2.05) is 10.3 Å². The van der Waals surface area contributed by atoms with Crippen molar-refractivity contribution in [3.05, 3.63) is 117 Å². The number of phosphoric acid groups is 6. The first kappa shape index (κ1) is 92.7. The Balaban J connectivity index is 0.634. The molecule has 0 bridgehead atoms. The van der Waals surface area contributed by atoms with Gasteiger partial charge in [0.25, 0.3) is 28.4 Å². The molecule has 6 saturated heterocycles. The Morgan fingerprint density at radius 2 is 0.874 bits per heavy atom. The maximum absolute atomic E-state index is 14.5. The second-order valence-corrected chi connectivity index (χ2v) is 37.3. The number of aliphatic hydroxyl groups excluding tert-OH is 1. The number of nitrogens with zero attached hydrogens (tertiary/aromatic N) is 14. The van der Waals surface area contributed by atoms with Crippen LogP contribution in [0.1, 0.15) is 80.8 Å². The number of fused-ring (bicyclic) bond motifs is 3. The van der Waals surface area contributed by atoms with Gasteiger partial charge in [-0.25, -0.2) is 71.4 Å². The number of hydrogen-bond donors (Lipinski definition) is 17. The van der Waals surface area contributed by atoms with Gasteiger partial charge in [-0.1, -0.05) is 0 Å². The van der Waals surface area contributed by atoms with Crippen LogP contribution in [-0.2, 0) is 110 Å². The largest absolute Gasteiger partial charge is 0.472 e. The summed E-state index contributed by atoms with van der Waals surface area (Å²) in [6, 6.07) is -0.233. The van der Waals surface area contributed by atoms with E-state index in [9.17, 15) is 110 Å². The molecule has 21 N–H and O–H groups in total. The smallest absolute Gasteiger partial charge is 0.394 e. The van der Waals surface area contributed by atoms with Crippen molar-refractivity contribution in [1.82, 2.24) is 77.9 Å². The Morgan fingerprint density at radius 1 is 0.480 bits per heavy atom. The lowest BCUT2D eigenvalue weighted by molar-refractivity contribution is -0.131. The summed E-state index contributed by atoms with van der Waals surface area (Å²) in [6.07, 6.45) is -27.1. The molecule has 15 heterocycles. The highest BCUT2D eigenvalue weighted by molar-refractivity contribution is 7.48. The van der Waals surface area contributed by atoms with Crippen LogP contribution in [0.3, 0.4) is 0 Å². The lowest BCUT2D eigenvalue weighted by Gasteiger charge is -2.35. The number of rotatable bonds is 34. The van der Waals surface area contributed by atoms with Crippen LogP contribution in [0, 0.1) is 13.8 Å². The van der Waals surface area contributed by atoms with Gasteiger partial charge >= 0.3 is 70.0 Å². The minimum absolute atomic E-state index is 0.0239. The Hall–Kier alpha value is -9.04. The van der Waals surface area contributed by atoms with E-state index < -0.39 is 298 Å². The van der Waals surface area contributed by atoms with Gasteiger partial charge in [-0.2, -0.15) is 20.0 Å². The van der Waals surface area contributed by atoms with Gasteiger partial charge in [-0.15, -0.1) is 0 Å². The summed E-state index contributed by atoms with van der Waals surface area (Å²) in [4.78, 5) is 218. The number of aromatic amines is 3. The first-order chi connectivity index (χ1) is 59.7. The average Bonchev–Trinajstić information content (AvgIpc) is 1.57. The first-order valence-corrected chi connectivity index (χ1v) is 46.2. The van der Waals surface area contributed by atoms with Crippen LogP contribution in [0.15, 0.2) is 82.4 Å². The van der Waals surface area contributed by atoms with Crippen LogP contribution in [0.2, 0.25) is 0 Å². The SMILES string of the molecule is Cc1cn([C@H]2C[C@H](OP(=O)(O)OC[C@H]3O[C@@H](n4ccc(N)nc4=O)C[C@@H]3OP(=O)(O)OC[C@H]3O[C@@H](n4cnc5c(=O)[nH]c(N)nc54)C[C@@H]3OP(=O)(O)OC[C@H]3O[C@@H](n4cc(C)c(=O)[nH]c4=O)C[C@@H]3OP(=O)(O)OC[C@H]3O[C@@H](N4C(=O)N=C5C(=O)NC(N)=NC54O)C[C@@H]3OP(=O)(O)O)[C@@H](COP(=O)(O)O[C@H]3C[C@H](n4cnc5c(N)ncnc54)O[C@@H]3CO)O2)c(=O)[nH]c1=O. The number of nitrogens with two attached hydrogens (primary N) is 4. The van der Waals surface area contributed by atoms with Gasteiger partial charge < -0.3 is 95.8 Å². The van der Waals surface area contributed by atoms with Crippen LogP contribution in [0.4, 0.5) is 22.4 Å². The number of aryl methyl sites for hydroxylation is 2. The van der Waals surface area contributed by atoms with Crippen molar-refractivity contribution in [3.63, 3.8) is 0 Å². The van der Waals surface area contributed by atoms with E-state index in [-0.39, 0.29) is 51.5 Å². The maximum Gasteiger partial charge on any atom is 0.472 e. The Morgan fingerprint density at radius 3 is 1.31 bits per heavy atom. The number of carbonyl (C=O) groups excluding carboxylic acids is 2. The molecule has 24 atom stereocenters. The molecule has 68 heteroatoms. The lowest BCUT2D eigenvalue weighted by atomic mass is 10.1. The molecule has 0 aromatic carbocycles. The van der Waals surface area contributed by atoms with Gasteiger partial charge in [0.15, 0.2) is 34.3 Å². The molecule has 0 spiro atoms. The summed E-state index contributed by atoms with van der Waals surface area (Å²) in [5.74, 6) is -5.54. The van der Waals surface area contributed by atoms with E-state index in [0.29, 0.717) is 4.90 Å². The lowest BCUT2D eigenvalue weighted by Crippen LogP contribution is -2.63.